The van der Waals surface area contributed by atoms with Gasteiger partial charge < -0.3 is 20.1 Å². The van der Waals surface area contributed by atoms with Crippen LogP contribution in [0.1, 0.15) is 37.8 Å². The minimum absolute atomic E-state index is 0.143. The summed E-state index contributed by atoms with van der Waals surface area (Å²) in [5.41, 5.74) is 7.29. The molecule has 1 fully saturated rings. The molecule has 1 aliphatic rings. The monoisotopic (exact) mass is 334 g/mol. The van der Waals surface area contributed by atoms with Crippen molar-refractivity contribution in [2.24, 2.45) is 11.7 Å². The number of methoxy groups -OCH3 is 1. The topological polar surface area (TPSA) is 64.8 Å². The Labute approximate surface area is 145 Å². The Kier molecular flexibility index (Phi) is 7.69. The Morgan fingerprint density at radius 1 is 1.25 bits per heavy atom. The molecule has 1 amide bonds. The third kappa shape index (κ3) is 5.30. The molecule has 134 valence electrons. The Bertz CT molecular complexity index is 487. The van der Waals surface area contributed by atoms with E-state index in [0.29, 0.717) is 0 Å². The number of carbonyl (C=O) groups is 1. The van der Waals surface area contributed by atoms with Crippen molar-refractivity contribution < 1.29 is 14.3 Å². The first-order valence-corrected chi connectivity index (χ1v) is 8.83. The molecule has 2 N–H and O–H groups in total. The van der Waals surface area contributed by atoms with Crippen LogP contribution < -0.4 is 5.73 Å². The highest BCUT2D eigenvalue weighted by molar-refractivity contribution is 5.79. The SMILES string of the molecule is COCCCOC1CCN(C(=O)C(C)C(N)c2ccccc2)CC1. The molecule has 0 radical (unpaired) electrons. The van der Waals surface area contributed by atoms with E-state index in [1.807, 2.05) is 42.2 Å². The number of likely N-dealkylation sites (tertiary alicyclic amines) is 1. The maximum atomic E-state index is 12.7. The van der Waals surface area contributed by atoms with Gasteiger partial charge in [0.2, 0.25) is 5.91 Å². The lowest BCUT2D eigenvalue weighted by Crippen LogP contribution is -2.45. The summed E-state index contributed by atoms with van der Waals surface area (Å²) in [7, 11) is 1.70. The molecule has 5 nitrogen and oxygen atoms in total. The van der Waals surface area contributed by atoms with Gasteiger partial charge in [0.05, 0.1) is 12.0 Å². The Morgan fingerprint density at radius 3 is 2.54 bits per heavy atom. The molecular weight excluding hydrogens is 304 g/mol. The third-order valence-electron chi connectivity index (χ3n) is 4.71. The van der Waals surface area contributed by atoms with Crippen molar-refractivity contribution in [2.45, 2.75) is 38.3 Å². The Balaban J connectivity index is 1.77. The van der Waals surface area contributed by atoms with Crippen LogP contribution in [-0.4, -0.2) is 50.3 Å². The predicted molar refractivity (Wildman–Crippen MR) is 94.6 cm³/mol. The molecule has 2 unspecified atom stereocenters. The molecule has 2 atom stereocenters. The van der Waals surface area contributed by atoms with Crippen LogP contribution in [0.4, 0.5) is 0 Å². The van der Waals surface area contributed by atoms with Crippen LogP contribution in [0.2, 0.25) is 0 Å². The van der Waals surface area contributed by atoms with E-state index in [1.54, 1.807) is 7.11 Å². The van der Waals surface area contributed by atoms with E-state index in [1.165, 1.54) is 0 Å². The molecule has 5 heteroatoms. The molecule has 2 rings (SSSR count). The predicted octanol–water partition coefficient (Wildman–Crippen LogP) is 2.37. The summed E-state index contributed by atoms with van der Waals surface area (Å²) in [5, 5.41) is 0. The van der Waals surface area contributed by atoms with Gasteiger partial charge in [-0.2, -0.15) is 0 Å². The van der Waals surface area contributed by atoms with Gasteiger partial charge >= 0.3 is 0 Å². The van der Waals surface area contributed by atoms with E-state index >= 15 is 0 Å². The molecule has 1 heterocycles. The molecule has 0 aliphatic carbocycles. The molecule has 24 heavy (non-hydrogen) atoms. The molecule has 1 aromatic carbocycles. The molecule has 1 aliphatic heterocycles. The standard InChI is InChI=1S/C19H30N2O3/c1-15(18(20)16-7-4-3-5-8-16)19(22)21-11-9-17(10-12-21)24-14-6-13-23-2/h3-5,7-8,15,17-18H,6,9-14,20H2,1-2H3. The highest BCUT2D eigenvalue weighted by atomic mass is 16.5. The van der Waals surface area contributed by atoms with E-state index in [2.05, 4.69) is 0 Å². The molecule has 1 saturated heterocycles. The zero-order chi connectivity index (χ0) is 17.4. The summed E-state index contributed by atoms with van der Waals surface area (Å²) in [4.78, 5) is 14.6. The summed E-state index contributed by atoms with van der Waals surface area (Å²) in [6, 6.07) is 9.57. The lowest BCUT2D eigenvalue weighted by Gasteiger charge is -2.34. The number of nitrogens with zero attached hydrogens (tertiary/aromatic N) is 1. The number of hydrogen-bond donors (Lipinski definition) is 1. The van der Waals surface area contributed by atoms with Gasteiger partial charge in [0.1, 0.15) is 0 Å². The highest BCUT2D eigenvalue weighted by Gasteiger charge is 2.29. The van der Waals surface area contributed by atoms with Gasteiger partial charge in [-0.25, -0.2) is 0 Å². The summed E-state index contributed by atoms with van der Waals surface area (Å²) >= 11 is 0. The first-order chi connectivity index (χ1) is 11.6. The maximum absolute atomic E-state index is 12.7. The highest BCUT2D eigenvalue weighted by Crippen LogP contribution is 2.23. The smallest absolute Gasteiger partial charge is 0.227 e. The molecular formula is C19H30N2O3. The number of hydrogen-bond acceptors (Lipinski definition) is 4. The normalized spacial score (nSPS) is 18.4. The molecule has 0 bridgehead atoms. The average Bonchev–Trinajstić information content (AvgIpc) is 2.64. The van der Waals surface area contributed by atoms with Gasteiger partial charge in [-0.05, 0) is 24.8 Å². The van der Waals surface area contributed by atoms with Gasteiger partial charge in [0, 0.05) is 39.5 Å². The lowest BCUT2D eigenvalue weighted by atomic mass is 9.93. The van der Waals surface area contributed by atoms with E-state index in [-0.39, 0.29) is 24.0 Å². The van der Waals surface area contributed by atoms with Gasteiger partial charge in [0.15, 0.2) is 0 Å². The summed E-state index contributed by atoms with van der Waals surface area (Å²) < 4.78 is 10.9. The molecule has 0 spiro atoms. The summed E-state index contributed by atoms with van der Waals surface area (Å²) in [6.07, 6.45) is 2.96. The van der Waals surface area contributed by atoms with Crippen molar-refractivity contribution in [2.75, 3.05) is 33.4 Å². The second-order valence-corrected chi connectivity index (χ2v) is 6.47. The van der Waals surface area contributed by atoms with Gasteiger partial charge in [0.25, 0.3) is 0 Å². The van der Waals surface area contributed by atoms with Crippen LogP contribution in [-0.2, 0) is 14.3 Å². The molecule has 1 aromatic rings. The zero-order valence-corrected chi connectivity index (χ0v) is 14.8. The van der Waals surface area contributed by atoms with Crippen LogP contribution in [0.5, 0.6) is 0 Å². The largest absolute Gasteiger partial charge is 0.385 e. The first kappa shape index (κ1) is 18.9. The lowest BCUT2D eigenvalue weighted by molar-refractivity contribution is -0.138. The van der Waals surface area contributed by atoms with Crippen LogP contribution in [0.25, 0.3) is 0 Å². The van der Waals surface area contributed by atoms with E-state index < -0.39 is 0 Å². The fraction of sp³-hybridized carbons (Fsp3) is 0.632. The van der Waals surface area contributed by atoms with Crippen molar-refractivity contribution in [1.82, 2.24) is 4.90 Å². The van der Waals surface area contributed by atoms with Crippen LogP contribution >= 0.6 is 0 Å². The number of amides is 1. The second kappa shape index (κ2) is 9.77. The molecule has 0 aromatic heterocycles. The summed E-state index contributed by atoms with van der Waals surface area (Å²) in [5.74, 6) is -0.0734. The van der Waals surface area contributed by atoms with Gasteiger partial charge in [-0.3, -0.25) is 4.79 Å². The number of benzene rings is 1. The van der Waals surface area contributed by atoms with Crippen LogP contribution in [0.15, 0.2) is 30.3 Å². The van der Waals surface area contributed by atoms with E-state index in [4.69, 9.17) is 15.2 Å². The van der Waals surface area contributed by atoms with Gasteiger partial charge in [-0.1, -0.05) is 37.3 Å². The third-order valence-corrected chi connectivity index (χ3v) is 4.71. The maximum Gasteiger partial charge on any atom is 0.227 e. The van der Waals surface area contributed by atoms with Crippen molar-refractivity contribution in [1.29, 1.82) is 0 Å². The summed E-state index contributed by atoms with van der Waals surface area (Å²) in [6.45, 7) is 4.88. The number of nitrogens with two attached hydrogens (primary N) is 1. The minimum atomic E-state index is -0.262. The Hall–Kier alpha value is -1.43. The second-order valence-electron chi connectivity index (χ2n) is 6.47. The van der Waals surface area contributed by atoms with Crippen LogP contribution in [0.3, 0.4) is 0 Å². The first-order valence-electron chi connectivity index (χ1n) is 8.83. The average molecular weight is 334 g/mol. The fourth-order valence-electron chi connectivity index (χ4n) is 3.10. The number of rotatable bonds is 8. The van der Waals surface area contributed by atoms with Crippen molar-refractivity contribution in [3.63, 3.8) is 0 Å². The van der Waals surface area contributed by atoms with Crippen molar-refractivity contribution >= 4 is 5.91 Å². The van der Waals surface area contributed by atoms with Crippen molar-refractivity contribution in [3.8, 4) is 0 Å². The number of carbonyl (C=O) groups excluding carboxylic acids is 1. The number of piperidine rings is 1. The minimum Gasteiger partial charge on any atom is -0.385 e. The zero-order valence-electron chi connectivity index (χ0n) is 14.8. The van der Waals surface area contributed by atoms with E-state index in [0.717, 1.165) is 51.1 Å². The van der Waals surface area contributed by atoms with Gasteiger partial charge in [-0.15, -0.1) is 0 Å². The quantitative estimate of drug-likeness (QED) is 0.741. The number of ether oxygens (including phenoxy) is 2. The molecule has 0 saturated carbocycles. The van der Waals surface area contributed by atoms with E-state index in [9.17, 15) is 4.79 Å². The van der Waals surface area contributed by atoms with Crippen LogP contribution in [0, 0.1) is 5.92 Å². The Morgan fingerprint density at radius 2 is 1.92 bits per heavy atom. The fourth-order valence-corrected chi connectivity index (χ4v) is 3.10. The van der Waals surface area contributed by atoms with Crippen molar-refractivity contribution in [3.05, 3.63) is 35.9 Å².